The van der Waals surface area contributed by atoms with Crippen LogP contribution in [0.25, 0.3) is 10.9 Å². The Kier molecular flexibility index (Phi) is 5.71. The number of aryl methyl sites for hydroxylation is 1. The summed E-state index contributed by atoms with van der Waals surface area (Å²) >= 11 is 0. The molecule has 0 unspecified atom stereocenters. The van der Waals surface area contributed by atoms with E-state index in [0.29, 0.717) is 22.9 Å². The van der Waals surface area contributed by atoms with Crippen molar-refractivity contribution in [3.8, 4) is 5.75 Å². The average molecular weight is 425 g/mol. The number of nitrogens with one attached hydrogen (secondary N) is 1. The molecule has 0 aliphatic carbocycles. The summed E-state index contributed by atoms with van der Waals surface area (Å²) in [6.45, 7) is 2.14. The second-order valence-electron chi connectivity index (χ2n) is 6.79. The Hall–Kier alpha value is -3.33. The highest BCUT2D eigenvalue weighted by Gasteiger charge is 2.13. The molecular formula is C21H20FN5O2S. The van der Waals surface area contributed by atoms with E-state index in [4.69, 9.17) is 9.26 Å². The Morgan fingerprint density at radius 3 is 2.80 bits per heavy atom. The first-order valence-electron chi connectivity index (χ1n) is 9.13. The van der Waals surface area contributed by atoms with Gasteiger partial charge in [0.05, 0.1) is 16.9 Å². The second-order valence-corrected chi connectivity index (χ2v) is 8.52. The van der Waals surface area contributed by atoms with Crippen molar-refractivity contribution >= 4 is 38.8 Å². The van der Waals surface area contributed by atoms with Crippen LogP contribution in [-0.2, 0) is 17.3 Å². The van der Waals surface area contributed by atoms with E-state index in [1.54, 1.807) is 12.1 Å². The van der Waals surface area contributed by atoms with Crippen LogP contribution in [0.1, 0.15) is 11.3 Å². The van der Waals surface area contributed by atoms with E-state index in [9.17, 15) is 4.39 Å². The SMILES string of the molecule is Cc1cc(N=S(C)C)cc2ncnc(Nc3ccc(F)cc3OCc3ccon3)c12. The monoisotopic (exact) mass is 425 g/mol. The maximum absolute atomic E-state index is 13.8. The number of hydrogen-bond acceptors (Lipinski definition) is 7. The van der Waals surface area contributed by atoms with Crippen LogP contribution < -0.4 is 10.1 Å². The quantitative estimate of drug-likeness (QED) is 0.464. The van der Waals surface area contributed by atoms with Gasteiger partial charge in [-0.2, -0.15) is 0 Å². The lowest BCUT2D eigenvalue weighted by Gasteiger charge is -2.14. The van der Waals surface area contributed by atoms with Gasteiger partial charge in [-0.15, -0.1) is 10.7 Å². The first kappa shape index (κ1) is 20.0. The van der Waals surface area contributed by atoms with Crippen molar-refractivity contribution < 1.29 is 13.7 Å². The molecule has 0 aliphatic heterocycles. The molecule has 0 radical (unpaired) electrons. The Bertz CT molecular complexity index is 1220. The highest BCUT2D eigenvalue weighted by Crippen LogP contribution is 2.33. The van der Waals surface area contributed by atoms with Gasteiger partial charge < -0.3 is 14.6 Å². The highest BCUT2D eigenvalue weighted by atomic mass is 32.2. The molecule has 7 nitrogen and oxygen atoms in total. The summed E-state index contributed by atoms with van der Waals surface area (Å²) in [5, 5.41) is 7.93. The van der Waals surface area contributed by atoms with Crippen LogP contribution in [0.5, 0.6) is 5.75 Å². The first-order valence-corrected chi connectivity index (χ1v) is 11.1. The lowest BCUT2D eigenvalue weighted by molar-refractivity contribution is 0.289. The second kappa shape index (κ2) is 8.58. The molecule has 2 aromatic heterocycles. The normalized spacial score (nSPS) is 11.1. The number of ether oxygens (including phenoxy) is 1. The average Bonchev–Trinajstić information content (AvgIpc) is 3.21. The molecule has 0 aliphatic rings. The molecule has 0 bridgehead atoms. The van der Waals surface area contributed by atoms with Gasteiger partial charge in [0.25, 0.3) is 0 Å². The Morgan fingerprint density at radius 2 is 2.03 bits per heavy atom. The Balaban J connectivity index is 1.69. The van der Waals surface area contributed by atoms with E-state index in [1.807, 2.05) is 19.1 Å². The molecule has 30 heavy (non-hydrogen) atoms. The van der Waals surface area contributed by atoms with Crippen LogP contribution in [0.3, 0.4) is 0 Å². The molecule has 154 valence electrons. The molecule has 4 aromatic rings. The molecule has 0 spiro atoms. The zero-order chi connectivity index (χ0) is 21.1. The van der Waals surface area contributed by atoms with Crippen LogP contribution in [0, 0.1) is 12.7 Å². The molecule has 2 heterocycles. The van der Waals surface area contributed by atoms with Crippen molar-refractivity contribution in [2.45, 2.75) is 13.5 Å². The Labute approximate surface area is 175 Å². The van der Waals surface area contributed by atoms with Crippen LogP contribution in [0.4, 0.5) is 21.6 Å². The topological polar surface area (TPSA) is 85.4 Å². The molecule has 0 amide bonds. The predicted octanol–water partition coefficient (Wildman–Crippen LogP) is 5.08. The van der Waals surface area contributed by atoms with Gasteiger partial charge in [-0.05, 0) is 49.3 Å². The van der Waals surface area contributed by atoms with Crippen molar-refractivity contribution in [3.05, 3.63) is 66.1 Å². The molecule has 0 saturated heterocycles. The van der Waals surface area contributed by atoms with E-state index in [-0.39, 0.29) is 17.3 Å². The molecule has 1 N–H and O–H groups in total. The van der Waals surface area contributed by atoms with Gasteiger partial charge in [0, 0.05) is 17.5 Å². The maximum Gasteiger partial charge on any atom is 0.146 e. The predicted molar refractivity (Wildman–Crippen MR) is 116 cm³/mol. The standard InChI is InChI=1S/C21H20FN5O2S/c1-13-8-16(27-30(2)3)10-18-20(13)21(24-12-23-18)25-17-5-4-14(22)9-19(17)28-11-15-6-7-29-26-15/h4-10,12H,11H2,1-3H3,(H,23,24,25). The van der Waals surface area contributed by atoms with Crippen LogP contribution >= 0.6 is 0 Å². The van der Waals surface area contributed by atoms with Gasteiger partial charge in [0.15, 0.2) is 0 Å². The number of rotatable bonds is 6. The largest absolute Gasteiger partial charge is 0.485 e. The summed E-state index contributed by atoms with van der Waals surface area (Å²) in [6, 6.07) is 9.93. The minimum atomic E-state index is -0.403. The third-order valence-electron chi connectivity index (χ3n) is 4.27. The van der Waals surface area contributed by atoms with Crippen molar-refractivity contribution in [3.63, 3.8) is 0 Å². The van der Waals surface area contributed by atoms with E-state index >= 15 is 0 Å². The van der Waals surface area contributed by atoms with E-state index < -0.39 is 5.82 Å². The van der Waals surface area contributed by atoms with Crippen molar-refractivity contribution in [1.29, 1.82) is 0 Å². The van der Waals surface area contributed by atoms with Gasteiger partial charge in [-0.1, -0.05) is 5.16 Å². The van der Waals surface area contributed by atoms with Crippen molar-refractivity contribution in [2.75, 3.05) is 17.8 Å². The summed E-state index contributed by atoms with van der Waals surface area (Å²) in [6.07, 6.45) is 7.06. The number of benzene rings is 2. The van der Waals surface area contributed by atoms with Crippen LogP contribution in [-0.4, -0.2) is 27.6 Å². The molecule has 4 rings (SSSR count). The third kappa shape index (κ3) is 4.46. The lowest BCUT2D eigenvalue weighted by Crippen LogP contribution is -2.02. The summed E-state index contributed by atoms with van der Waals surface area (Å²) in [5.74, 6) is 0.546. The molecule has 0 saturated carbocycles. The molecule has 0 fully saturated rings. The van der Waals surface area contributed by atoms with Crippen molar-refractivity contribution in [1.82, 2.24) is 15.1 Å². The molecule has 0 atom stereocenters. The number of aromatic nitrogens is 3. The lowest BCUT2D eigenvalue weighted by atomic mass is 10.1. The fourth-order valence-electron chi connectivity index (χ4n) is 3.04. The summed E-state index contributed by atoms with van der Waals surface area (Å²) in [5.41, 5.74) is 3.85. The summed E-state index contributed by atoms with van der Waals surface area (Å²) < 4.78 is 29.0. The van der Waals surface area contributed by atoms with Crippen LogP contribution in [0.15, 0.2) is 57.9 Å². The Morgan fingerprint density at radius 1 is 1.17 bits per heavy atom. The minimum absolute atomic E-state index is 0.0731. The number of nitrogens with zero attached hydrogens (tertiary/aromatic N) is 4. The molecule has 2 aromatic carbocycles. The van der Waals surface area contributed by atoms with Gasteiger partial charge in [-0.25, -0.2) is 18.7 Å². The first-order chi connectivity index (χ1) is 14.5. The number of hydrogen-bond donors (Lipinski definition) is 1. The molecule has 9 heteroatoms. The molecular weight excluding hydrogens is 405 g/mol. The van der Waals surface area contributed by atoms with E-state index in [1.165, 1.54) is 24.7 Å². The number of halogens is 1. The summed E-state index contributed by atoms with van der Waals surface area (Å²) in [4.78, 5) is 8.80. The number of anilines is 2. The fourth-order valence-corrected chi connectivity index (χ4v) is 3.57. The van der Waals surface area contributed by atoms with E-state index in [2.05, 4.69) is 37.3 Å². The maximum atomic E-state index is 13.8. The third-order valence-corrected chi connectivity index (χ3v) is 4.85. The van der Waals surface area contributed by atoms with E-state index in [0.717, 1.165) is 22.2 Å². The highest BCUT2D eigenvalue weighted by molar-refractivity contribution is 7.85. The zero-order valence-corrected chi connectivity index (χ0v) is 17.5. The smallest absolute Gasteiger partial charge is 0.146 e. The minimum Gasteiger partial charge on any atom is -0.485 e. The fraction of sp³-hybridized carbons (Fsp3) is 0.190. The zero-order valence-electron chi connectivity index (χ0n) is 16.7. The van der Waals surface area contributed by atoms with Gasteiger partial charge in [0.1, 0.15) is 42.3 Å². The van der Waals surface area contributed by atoms with Gasteiger partial charge in [-0.3, -0.25) is 0 Å². The van der Waals surface area contributed by atoms with Crippen LogP contribution in [0.2, 0.25) is 0 Å². The number of fused-ring (bicyclic) bond motifs is 1. The van der Waals surface area contributed by atoms with Crippen molar-refractivity contribution in [2.24, 2.45) is 4.36 Å². The van der Waals surface area contributed by atoms with Gasteiger partial charge in [0.2, 0.25) is 0 Å². The summed E-state index contributed by atoms with van der Waals surface area (Å²) in [7, 11) is -0.0731. The van der Waals surface area contributed by atoms with Gasteiger partial charge >= 0.3 is 0 Å².